The normalized spacial score (nSPS) is 24.6. The molecule has 4 nitrogen and oxygen atoms in total. The molecule has 0 aromatic heterocycles. The number of hydrogen-bond acceptors (Lipinski definition) is 3. The lowest BCUT2D eigenvalue weighted by molar-refractivity contribution is -0.125. The molecule has 1 aliphatic heterocycles. The van der Waals surface area contributed by atoms with Crippen molar-refractivity contribution in [2.45, 2.75) is 58.0 Å². The Morgan fingerprint density at radius 3 is 2.78 bits per heavy atom. The predicted octanol–water partition coefficient (Wildman–Crippen LogP) is 1.35. The van der Waals surface area contributed by atoms with Gasteiger partial charge >= 0.3 is 0 Å². The van der Waals surface area contributed by atoms with Crippen LogP contribution in [0.3, 0.4) is 0 Å². The van der Waals surface area contributed by atoms with E-state index in [1.54, 1.807) is 0 Å². The minimum Gasteiger partial charge on any atom is -0.352 e. The molecule has 3 N–H and O–H groups in total. The first-order valence-electron chi connectivity index (χ1n) is 7.23. The van der Waals surface area contributed by atoms with E-state index in [0.29, 0.717) is 6.04 Å². The van der Waals surface area contributed by atoms with E-state index >= 15 is 0 Å². The van der Waals surface area contributed by atoms with Gasteiger partial charge in [-0.1, -0.05) is 13.3 Å². The Morgan fingerprint density at radius 2 is 2.17 bits per heavy atom. The molecule has 1 saturated heterocycles. The molecule has 0 bridgehead atoms. The first kappa shape index (κ1) is 15.4. The average Bonchev–Trinajstić information content (AvgIpc) is 2.28. The molecule has 1 fully saturated rings. The second-order valence-corrected chi connectivity index (χ2v) is 5.92. The molecule has 0 saturated carbocycles. The van der Waals surface area contributed by atoms with Crippen LogP contribution in [0.15, 0.2) is 0 Å². The van der Waals surface area contributed by atoms with Crippen molar-refractivity contribution < 1.29 is 4.79 Å². The molecule has 4 heteroatoms. The summed E-state index contributed by atoms with van der Waals surface area (Å²) in [5.41, 5.74) is 5.71. The van der Waals surface area contributed by atoms with Gasteiger partial charge in [-0.3, -0.25) is 4.79 Å². The summed E-state index contributed by atoms with van der Waals surface area (Å²) in [6.45, 7) is 6.17. The van der Waals surface area contributed by atoms with Gasteiger partial charge < -0.3 is 16.0 Å². The van der Waals surface area contributed by atoms with Gasteiger partial charge in [-0.05, 0) is 46.2 Å². The van der Waals surface area contributed by atoms with E-state index in [4.69, 9.17) is 5.73 Å². The highest BCUT2D eigenvalue weighted by atomic mass is 16.1. The van der Waals surface area contributed by atoms with Gasteiger partial charge in [-0.15, -0.1) is 0 Å². The van der Waals surface area contributed by atoms with E-state index in [1.165, 1.54) is 6.42 Å². The van der Waals surface area contributed by atoms with Crippen molar-refractivity contribution in [3.8, 4) is 0 Å². The topological polar surface area (TPSA) is 58.4 Å². The maximum absolute atomic E-state index is 12.0. The molecule has 106 valence electrons. The molecule has 1 rings (SSSR count). The molecule has 1 heterocycles. The Morgan fingerprint density at radius 1 is 1.44 bits per heavy atom. The molecule has 1 amide bonds. The lowest BCUT2D eigenvalue weighted by Gasteiger charge is -2.31. The summed E-state index contributed by atoms with van der Waals surface area (Å²) in [6.07, 6.45) is 5.28. The molecule has 0 aromatic rings. The second kappa shape index (κ2) is 7.74. The summed E-state index contributed by atoms with van der Waals surface area (Å²) < 4.78 is 0. The molecular weight excluding hydrogens is 226 g/mol. The van der Waals surface area contributed by atoms with Crippen molar-refractivity contribution in [3.63, 3.8) is 0 Å². The van der Waals surface area contributed by atoms with E-state index in [1.807, 2.05) is 13.8 Å². The van der Waals surface area contributed by atoms with Crippen LogP contribution >= 0.6 is 0 Å². The van der Waals surface area contributed by atoms with Gasteiger partial charge in [0.2, 0.25) is 5.91 Å². The largest absolute Gasteiger partial charge is 0.352 e. The van der Waals surface area contributed by atoms with Gasteiger partial charge in [0.05, 0.1) is 0 Å². The van der Waals surface area contributed by atoms with Crippen molar-refractivity contribution in [1.29, 1.82) is 0 Å². The van der Waals surface area contributed by atoms with Crippen LogP contribution in [0.4, 0.5) is 0 Å². The Labute approximate surface area is 111 Å². The van der Waals surface area contributed by atoms with Crippen LogP contribution in [0, 0.1) is 5.92 Å². The van der Waals surface area contributed by atoms with Crippen molar-refractivity contribution in [2.24, 2.45) is 11.7 Å². The standard InChI is InChI=1S/C14H29N3O/c1-11(6-4-7-12(2)15)14(18)16-13-8-5-9-17(3)10-13/h11-13H,4-10,15H2,1-3H3,(H,16,18). The van der Waals surface area contributed by atoms with Crippen LogP contribution in [-0.4, -0.2) is 43.0 Å². The van der Waals surface area contributed by atoms with Crippen molar-refractivity contribution >= 4 is 5.91 Å². The van der Waals surface area contributed by atoms with Crippen LogP contribution in [0.2, 0.25) is 0 Å². The number of likely N-dealkylation sites (N-methyl/N-ethyl adjacent to an activating group) is 1. The maximum atomic E-state index is 12.0. The van der Waals surface area contributed by atoms with Crippen LogP contribution in [0.25, 0.3) is 0 Å². The third-order valence-electron chi connectivity index (χ3n) is 3.72. The van der Waals surface area contributed by atoms with Gasteiger partial charge in [0.15, 0.2) is 0 Å². The molecule has 0 aromatic carbocycles. The second-order valence-electron chi connectivity index (χ2n) is 5.92. The van der Waals surface area contributed by atoms with Gasteiger partial charge in [-0.25, -0.2) is 0 Å². The fourth-order valence-corrected chi connectivity index (χ4v) is 2.50. The van der Waals surface area contributed by atoms with Crippen LogP contribution in [0.5, 0.6) is 0 Å². The van der Waals surface area contributed by atoms with Crippen LogP contribution in [0.1, 0.15) is 46.0 Å². The van der Waals surface area contributed by atoms with Crippen molar-refractivity contribution in [3.05, 3.63) is 0 Å². The summed E-state index contributed by atoms with van der Waals surface area (Å²) >= 11 is 0. The summed E-state index contributed by atoms with van der Waals surface area (Å²) in [4.78, 5) is 14.3. The highest BCUT2D eigenvalue weighted by Gasteiger charge is 2.21. The van der Waals surface area contributed by atoms with Gasteiger partial charge in [0.1, 0.15) is 0 Å². The number of piperidine rings is 1. The van der Waals surface area contributed by atoms with E-state index in [2.05, 4.69) is 17.3 Å². The molecule has 3 atom stereocenters. The van der Waals surface area contributed by atoms with Crippen LogP contribution in [-0.2, 0) is 4.79 Å². The number of amides is 1. The molecule has 0 spiro atoms. The third-order valence-corrected chi connectivity index (χ3v) is 3.72. The Hall–Kier alpha value is -0.610. The highest BCUT2D eigenvalue weighted by molar-refractivity contribution is 5.78. The lowest BCUT2D eigenvalue weighted by atomic mass is 10.00. The highest BCUT2D eigenvalue weighted by Crippen LogP contribution is 2.12. The number of nitrogens with one attached hydrogen (secondary N) is 1. The quantitative estimate of drug-likeness (QED) is 0.753. The number of nitrogens with two attached hydrogens (primary N) is 1. The van der Waals surface area contributed by atoms with Crippen molar-refractivity contribution in [2.75, 3.05) is 20.1 Å². The lowest BCUT2D eigenvalue weighted by Crippen LogP contribution is -2.47. The number of carbonyl (C=O) groups excluding carboxylic acids is 1. The first-order valence-corrected chi connectivity index (χ1v) is 7.23. The molecule has 18 heavy (non-hydrogen) atoms. The summed E-state index contributed by atoms with van der Waals surface area (Å²) in [6, 6.07) is 0.583. The van der Waals surface area contributed by atoms with E-state index in [9.17, 15) is 4.79 Å². The Bertz CT molecular complexity index is 255. The number of nitrogens with zero attached hydrogens (tertiary/aromatic N) is 1. The fraction of sp³-hybridized carbons (Fsp3) is 0.929. The smallest absolute Gasteiger partial charge is 0.223 e. The first-order chi connectivity index (χ1) is 8.49. The Kier molecular flexibility index (Phi) is 6.65. The van der Waals surface area contributed by atoms with Crippen molar-refractivity contribution in [1.82, 2.24) is 10.2 Å². The molecule has 1 aliphatic rings. The van der Waals surface area contributed by atoms with E-state index in [0.717, 1.165) is 38.8 Å². The SMILES string of the molecule is CC(N)CCCC(C)C(=O)NC1CCCN(C)C1. The predicted molar refractivity (Wildman–Crippen MR) is 75.3 cm³/mol. The Balaban J connectivity index is 2.22. The molecular formula is C14H29N3O. The zero-order valence-corrected chi connectivity index (χ0v) is 12.1. The summed E-state index contributed by atoms with van der Waals surface area (Å²) in [5.74, 6) is 0.316. The van der Waals surface area contributed by atoms with Gasteiger partial charge in [0, 0.05) is 24.5 Å². The van der Waals surface area contributed by atoms with E-state index in [-0.39, 0.29) is 17.9 Å². The molecule has 3 unspecified atom stereocenters. The van der Waals surface area contributed by atoms with Gasteiger partial charge in [0.25, 0.3) is 0 Å². The van der Waals surface area contributed by atoms with Crippen LogP contribution < -0.4 is 11.1 Å². The zero-order chi connectivity index (χ0) is 13.5. The third kappa shape index (κ3) is 5.83. The molecule has 0 aliphatic carbocycles. The number of hydrogen-bond donors (Lipinski definition) is 2. The zero-order valence-electron chi connectivity index (χ0n) is 12.1. The monoisotopic (exact) mass is 255 g/mol. The molecule has 0 radical (unpaired) electrons. The van der Waals surface area contributed by atoms with Gasteiger partial charge in [-0.2, -0.15) is 0 Å². The minimum absolute atomic E-state index is 0.107. The minimum atomic E-state index is 0.107. The van der Waals surface area contributed by atoms with E-state index < -0.39 is 0 Å². The fourth-order valence-electron chi connectivity index (χ4n) is 2.50. The number of rotatable bonds is 6. The number of likely N-dealkylation sites (tertiary alicyclic amines) is 1. The number of carbonyl (C=O) groups is 1. The average molecular weight is 255 g/mol. The summed E-state index contributed by atoms with van der Waals surface area (Å²) in [7, 11) is 2.12. The summed E-state index contributed by atoms with van der Waals surface area (Å²) in [5, 5.41) is 3.18. The maximum Gasteiger partial charge on any atom is 0.223 e.